The summed E-state index contributed by atoms with van der Waals surface area (Å²) >= 11 is 0. The van der Waals surface area contributed by atoms with Gasteiger partial charge in [0.2, 0.25) is 0 Å². The Morgan fingerprint density at radius 2 is 2.14 bits per heavy atom. The second-order valence-corrected chi connectivity index (χ2v) is 6.12. The van der Waals surface area contributed by atoms with Crippen LogP contribution in [-0.4, -0.2) is 21.5 Å². The molecule has 2 aliphatic rings. The minimum atomic E-state index is 0.283. The molecule has 0 unspecified atom stereocenters. The van der Waals surface area contributed by atoms with Crippen molar-refractivity contribution in [3.05, 3.63) is 41.1 Å². The standard InChI is InChI=1S/C17H19N5/c18-10-12-7-8-16(19-11-12)22-9-3-6-15(22)17-20-13-4-1-2-5-14(13)21-17/h7-8,11,15H,1-6,9H2,(H,20,21)/t15-/m1/s1. The van der Waals surface area contributed by atoms with Crippen LogP contribution in [0, 0.1) is 11.3 Å². The van der Waals surface area contributed by atoms with Gasteiger partial charge in [-0.25, -0.2) is 9.97 Å². The molecule has 0 radical (unpaired) electrons. The van der Waals surface area contributed by atoms with Crippen LogP contribution in [0.5, 0.6) is 0 Å². The van der Waals surface area contributed by atoms with E-state index in [4.69, 9.17) is 10.2 Å². The molecule has 0 spiro atoms. The molecular weight excluding hydrogens is 274 g/mol. The molecule has 112 valence electrons. The molecule has 5 heteroatoms. The fourth-order valence-corrected chi connectivity index (χ4v) is 3.58. The fourth-order valence-electron chi connectivity index (χ4n) is 3.58. The highest BCUT2D eigenvalue weighted by atomic mass is 15.2. The number of aromatic amines is 1. The van der Waals surface area contributed by atoms with Crippen LogP contribution in [0.1, 0.15) is 54.5 Å². The number of H-pyrrole nitrogens is 1. The van der Waals surface area contributed by atoms with Gasteiger partial charge in [-0.05, 0) is 50.7 Å². The van der Waals surface area contributed by atoms with Crippen molar-refractivity contribution >= 4 is 5.82 Å². The summed E-state index contributed by atoms with van der Waals surface area (Å²) in [6.45, 7) is 0.995. The van der Waals surface area contributed by atoms with Crippen molar-refractivity contribution in [2.45, 2.75) is 44.6 Å². The summed E-state index contributed by atoms with van der Waals surface area (Å²) in [5, 5.41) is 8.90. The predicted octanol–water partition coefficient (Wildman–Crippen LogP) is 2.90. The smallest absolute Gasteiger partial charge is 0.129 e. The summed E-state index contributed by atoms with van der Waals surface area (Å²) in [6, 6.07) is 6.19. The molecule has 3 heterocycles. The molecule has 0 aromatic carbocycles. The van der Waals surface area contributed by atoms with E-state index in [0.717, 1.165) is 43.9 Å². The predicted molar refractivity (Wildman–Crippen MR) is 83.5 cm³/mol. The third-order valence-electron chi connectivity index (χ3n) is 4.71. The molecule has 1 N–H and O–H groups in total. The minimum absolute atomic E-state index is 0.283. The molecule has 1 fully saturated rings. The Morgan fingerprint density at radius 1 is 1.23 bits per heavy atom. The number of aromatic nitrogens is 3. The molecule has 22 heavy (non-hydrogen) atoms. The van der Waals surface area contributed by atoms with E-state index < -0.39 is 0 Å². The first-order valence-corrected chi connectivity index (χ1v) is 8.05. The largest absolute Gasteiger partial charge is 0.346 e. The van der Waals surface area contributed by atoms with Crippen LogP contribution in [0.15, 0.2) is 18.3 Å². The molecule has 2 aromatic rings. The Morgan fingerprint density at radius 3 is 2.91 bits per heavy atom. The lowest BCUT2D eigenvalue weighted by molar-refractivity contribution is 0.667. The lowest BCUT2D eigenvalue weighted by Gasteiger charge is -2.24. The highest BCUT2D eigenvalue weighted by Gasteiger charge is 2.30. The molecule has 5 nitrogen and oxygen atoms in total. The number of rotatable bonds is 2. The summed E-state index contributed by atoms with van der Waals surface area (Å²) < 4.78 is 0. The van der Waals surface area contributed by atoms with Crippen molar-refractivity contribution in [3.63, 3.8) is 0 Å². The quantitative estimate of drug-likeness (QED) is 0.924. The Kier molecular flexibility index (Phi) is 3.30. The third kappa shape index (κ3) is 2.25. The lowest BCUT2D eigenvalue weighted by Crippen LogP contribution is -2.24. The molecule has 0 saturated carbocycles. The highest BCUT2D eigenvalue weighted by molar-refractivity contribution is 5.45. The summed E-state index contributed by atoms with van der Waals surface area (Å²) in [7, 11) is 0. The van der Waals surface area contributed by atoms with Gasteiger partial charge in [-0.2, -0.15) is 5.26 Å². The van der Waals surface area contributed by atoms with E-state index in [1.807, 2.05) is 12.1 Å². The van der Waals surface area contributed by atoms with E-state index in [0.29, 0.717) is 5.56 Å². The number of fused-ring (bicyclic) bond motifs is 1. The van der Waals surface area contributed by atoms with Gasteiger partial charge < -0.3 is 9.88 Å². The summed E-state index contributed by atoms with van der Waals surface area (Å²) in [4.78, 5) is 15.2. The van der Waals surface area contributed by atoms with Crippen LogP contribution in [0.4, 0.5) is 5.82 Å². The molecule has 2 aromatic heterocycles. The van der Waals surface area contributed by atoms with Crippen molar-refractivity contribution in [3.8, 4) is 6.07 Å². The second kappa shape index (κ2) is 5.45. The number of anilines is 1. The van der Waals surface area contributed by atoms with Gasteiger partial charge in [-0.3, -0.25) is 0 Å². The molecule has 0 bridgehead atoms. The molecule has 1 aliphatic heterocycles. The van der Waals surface area contributed by atoms with Crippen LogP contribution in [0.3, 0.4) is 0 Å². The number of nitrogens with zero attached hydrogens (tertiary/aromatic N) is 4. The average Bonchev–Trinajstić information content (AvgIpc) is 3.21. The Labute approximate surface area is 130 Å². The van der Waals surface area contributed by atoms with Gasteiger partial charge in [0.25, 0.3) is 0 Å². The molecule has 4 rings (SSSR count). The average molecular weight is 293 g/mol. The maximum atomic E-state index is 8.90. The van der Waals surface area contributed by atoms with E-state index in [9.17, 15) is 0 Å². The van der Waals surface area contributed by atoms with Gasteiger partial charge in [0.05, 0.1) is 17.3 Å². The van der Waals surface area contributed by atoms with Gasteiger partial charge in [0.1, 0.15) is 17.7 Å². The zero-order valence-corrected chi connectivity index (χ0v) is 12.5. The Balaban J connectivity index is 1.62. The van der Waals surface area contributed by atoms with Crippen molar-refractivity contribution < 1.29 is 0 Å². The first-order valence-electron chi connectivity index (χ1n) is 8.05. The second-order valence-electron chi connectivity index (χ2n) is 6.12. The SMILES string of the molecule is N#Cc1ccc(N2CCC[C@@H]2c2nc3c([nH]2)CCCC3)nc1. The minimum Gasteiger partial charge on any atom is -0.346 e. The van der Waals surface area contributed by atoms with Crippen LogP contribution >= 0.6 is 0 Å². The number of imidazole rings is 1. The number of aryl methyl sites for hydroxylation is 2. The number of nitrogens with one attached hydrogen (secondary N) is 1. The van der Waals surface area contributed by atoms with Crippen molar-refractivity contribution in [2.24, 2.45) is 0 Å². The molecule has 1 aliphatic carbocycles. The van der Waals surface area contributed by atoms with Gasteiger partial charge >= 0.3 is 0 Å². The zero-order valence-electron chi connectivity index (χ0n) is 12.5. The lowest BCUT2D eigenvalue weighted by atomic mass is 10.0. The van der Waals surface area contributed by atoms with E-state index in [1.54, 1.807) is 6.20 Å². The topological polar surface area (TPSA) is 68.6 Å². The van der Waals surface area contributed by atoms with Gasteiger partial charge in [0, 0.05) is 18.4 Å². The fraction of sp³-hybridized carbons (Fsp3) is 0.471. The van der Waals surface area contributed by atoms with E-state index in [1.165, 1.54) is 24.2 Å². The normalized spacial score (nSPS) is 20.7. The number of hydrogen-bond acceptors (Lipinski definition) is 4. The molecule has 1 atom stereocenters. The van der Waals surface area contributed by atoms with Gasteiger partial charge in [-0.1, -0.05) is 0 Å². The maximum absolute atomic E-state index is 8.90. The first-order chi connectivity index (χ1) is 10.8. The monoisotopic (exact) mass is 293 g/mol. The maximum Gasteiger partial charge on any atom is 0.129 e. The Bertz CT molecular complexity index is 686. The van der Waals surface area contributed by atoms with Gasteiger partial charge in [0.15, 0.2) is 0 Å². The molecular formula is C17H19N5. The van der Waals surface area contributed by atoms with Gasteiger partial charge in [-0.15, -0.1) is 0 Å². The highest BCUT2D eigenvalue weighted by Crippen LogP contribution is 2.35. The Hall–Kier alpha value is -2.35. The number of hydrogen-bond donors (Lipinski definition) is 1. The summed E-state index contributed by atoms with van der Waals surface area (Å²) in [5.74, 6) is 2.03. The van der Waals surface area contributed by atoms with Crippen LogP contribution in [0.25, 0.3) is 0 Å². The van der Waals surface area contributed by atoms with E-state index in [2.05, 4.69) is 20.9 Å². The van der Waals surface area contributed by atoms with Crippen LogP contribution < -0.4 is 4.90 Å². The van der Waals surface area contributed by atoms with Crippen molar-refractivity contribution in [1.82, 2.24) is 15.0 Å². The van der Waals surface area contributed by atoms with Crippen LogP contribution in [0.2, 0.25) is 0 Å². The number of pyridine rings is 1. The summed E-state index contributed by atoms with van der Waals surface area (Å²) in [5.41, 5.74) is 3.20. The van der Waals surface area contributed by atoms with Crippen LogP contribution in [-0.2, 0) is 12.8 Å². The van der Waals surface area contributed by atoms with E-state index in [-0.39, 0.29) is 6.04 Å². The zero-order chi connectivity index (χ0) is 14.9. The summed E-state index contributed by atoms with van der Waals surface area (Å²) in [6.07, 6.45) is 8.66. The van der Waals surface area contributed by atoms with E-state index >= 15 is 0 Å². The van der Waals surface area contributed by atoms with Crippen molar-refractivity contribution in [2.75, 3.05) is 11.4 Å². The molecule has 0 amide bonds. The third-order valence-corrected chi connectivity index (χ3v) is 4.71. The first kappa shape index (κ1) is 13.3. The number of nitriles is 1. The molecule has 1 saturated heterocycles. The van der Waals surface area contributed by atoms with Crippen molar-refractivity contribution in [1.29, 1.82) is 5.26 Å².